The van der Waals surface area contributed by atoms with E-state index >= 15 is 0 Å². The first kappa shape index (κ1) is 18.9. The van der Waals surface area contributed by atoms with E-state index in [1.165, 1.54) is 0 Å². The summed E-state index contributed by atoms with van der Waals surface area (Å²) in [4.78, 5) is 2.94. The molecule has 136 valence electrons. The molecule has 0 aliphatic carbocycles. The summed E-state index contributed by atoms with van der Waals surface area (Å²) in [7, 11) is 0. The van der Waals surface area contributed by atoms with Crippen molar-refractivity contribution in [3.8, 4) is 0 Å². The summed E-state index contributed by atoms with van der Waals surface area (Å²) in [6.07, 6.45) is -3.62. The van der Waals surface area contributed by atoms with Gasteiger partial charge in [0, 0.05) is 0 Å². The highest BCUT2D eigenvalue weighted by molar-refractivity contribution is 5.19. The Balaban J connectivity index is 2.25. The number of hydrogen-bond acceptors (Lipinski definition) is 8. The van der Waals surface area contributed by atoms with Gasteiger partial charge in [0.25, 0.3) is 0 Å². The summed E-state index contributed by atoms with van der Waals surface area (Å²) in [5.41, 5.74) is -0.439. The molecule has 1 unspecified atom stereocenters. The Bertz CT molecular complexity index is 540. The van der Waals surface area contributed by atoms with Crippen LogP contribution in [-0.2, 0) is 23.7 Å². The predicted molar refractivity (Wildman–Crippen MR) is 81.1 cm³/mol. The van der Waals surface area contributed by atoms with Gasteiger partial charge in [0.15, 0.2) is 22.7 Å². The molecule has 0 aromatic heterocycles. The van der Waals surface area contributed by atoms with Gasteiger partial charge in [-0.25, -0.2) is 0 Å². The summed E-state index contributed by atoms with van der Waals surface area (Å²) >= 11 is 0. The van der Waals surface area contributed by atoms with E-state index in [1.54, 1.807) is 34.6 Å². The fraction of sp³-hybridized carbons (Fsp3) is 0.867. The quantitative estimate of drug-likeness (QED) is 0.571. The Morgan fingerprint density at radius 3 is 2.42 bits per heavy atom. The number of aliphatic hydroxyl groups excluding tert-OH is 2. The Morgan fingerprint density at radius 1 is 1.25 bits per heavy atom. The lowest BCUT2D eigenvalue weighted by Gasteiger charge is -2.24. The zero-order valence-electron chi connectivity index (χ0n) is 14.6. The molecule has 2 rings (SSSR count). The highest BCUT2D eigenvalue weighted by Gasteiger charge is 2.55. The smallest absolute Gasteiger partial charge is 0.471 e. The molecule has 9 nitrogen and oxygen atoms in total. The number of rotatable bonds is 5. The highest BCUT2D eigenvalue weighted by atomic mass is 16.8. The molecule has 0 radical (unpaired) electrons. The lowest BCUT2D eigenvalue weighted by molar-refractivity contribution is -0.175. The third-order valence-electron chi connectivity index (χ3n) is 3.76. The van der Waals surface area contributed by atoms with Gasteiger partial charge in [-0.05, 0) is 34.6 Å². The van der Waals surface area contributed by atoms with E-state index < -0.39 is 47.6 Å². The maximum absolute atomic E-state index is 10.5. The van der Waals surface area contributed by atoms with Crippen molar-refractivity contribution < 1.29 is 33.9 Å². The summed E-state index contributed by atoms with van der Waals surface area (Å²) in [6.45, 7) is 8.97. The van der Waals surface area contributed by atoms with Gasteiger partial charge in [-0.15, -0.1) is 0 Å². The molecule has 2 aliphatic heterocycles. The molecule has 0 bridgehead atoms. The van der Waals surface area contributed by atoms with Crippen molar-refractivity contribution in [1.29, 1.82) is 5.39 Å². The van der Waals surface area contributed by atoms with E-state index in [9.17, 15) is 10.2 Å². The maximum atomic E-state index is 10.5. The molecule has 0 spiro atoms. The lowest BCUT2D eigenvalue weighted by atomic mass is 10.0. The van der Waals surface area contributed by atoms with Gasteiger partial charge in [-0.2, -0.15) is 0 Å². The van der Waals surface area contributed by atoms with E-state index in [1.807, 2.05) is 0 Å². The molecule has 2 saturated heterocycles. The highest BCUT2D eigenvalue weighted by Crippen LogP contribution is 2.38. The normalized spacial score (nSPS) is 33.6. The summed E-state index contributed by atoms with van der Waals surface area (Å²) < 4.78 is 27.8. The number of aliphatic hydroxyl groups is 2. The minimum Gasteiger partial charge on any atom is -0.475 e. The monoisotopic (exact) mass is 345 g/mol. The minimum atomic E-state index is -1.49. The van der Waals surface area contributed by atoms with E-state index in [0.717, 1.165) is 0 Å². The number of ether oxygens (including phenoxy) is 5. The van der Waals surface area contributed by atoms with E-state index in [0.29, 0.717) is 0 Å². The van der Waals surface area contributed by atoms with Crippen LogP contribution in [0.15, 0.2) is 11.6 Å². The van der Waals surface area contributed by atoms with Crippen LogP contribution in [0.2, 0.25) is 0 Å². The standard InChI is InChI=1S/C15H24N2O7/c1-6-20-13(19)9(17-16)10(18)12-11(23-15(4,5)24-12)8-7-21-14(2,3)22-8/h8,10-12,18H,6-7H2,1-5H3/p+1/b13-9-/t8-,10?,11-,12-/m1/s1. The molecule has 0 saturated carbocycles. The van der Waals surface area contributed by atoms with Crippen LogP contribution in [0.25, 0.3) is 4.98 Å². The Hall–Kier alpha value is -1.44. The second-order valence-electron chi connectivity index (χ2n) is 6.60. The first-order valence-corrected chi connectivity index (χ1v) is 7.86. The van der Waals surface area contributed by atoms with Crippen molar-refractivity contribution in [3.05, 3.63) is 16.6 Å². The Morgan fingerprint density at radius 2 is 1.92 bits per heavy atom. The van der Waals surface area contributed by atoms with Crippen molar-refractivity contribution in [1.82, 2.24) is 0 Å². The van der Waals surface area contributed by atoms with Crippen LogP contribution in [-0.4, -0.2) is 59.4 Å². The summed E-state index contributed by atoms with van der Waals surface area (Å²) in [6, 6.07) is 0. The average molecular weight is 345 g/mol. The van der Waals surface area contributed by atoms with Gasteiger partial charge < -0.3 is 33.9 Å². The number of nitrogens with zero attached hydrogens (tertiary/aromatic N) is 2. The summed E-state index contributed by atoms with van der Waals surface area (Å²) in [5.74, 6) is -2.44. The van der Waals surface area contributed by atoms with Crippen molar-refractivity contribution in [2.45, 2.75) is 70.6 Å². The molecule has 2 heterocycles. The fourth-order valence-corrected chi connectivity index (χ4v) is 2.82. The Kier molecular flexibility index (Phi) is 5.37. The average Bonchev–Trinajstić information content (AvgIpc) is 2.99. The van der Waals surface area contributed by atoms with E-state index in [2.05, 4.69) is 4.98 Å². The zero-order valence-corrected chi connectivity index (χ0v) is 14.6. The maximum Gasteiger partial charge on any atom is 0.471 e. The van der Waals surface area contributed by atoms with Crippen LogP contribution in [0.4, 0.5) is 0 Å². The van der Waals surface area contributed by atoms with Crippen LogP contribution in [0.1, 0.15) is 34.6 Å². The molecule has 2 N–H and O–H groups in total. The second kappa shape index (κ2) is 6.82. The van der Waals surface area contributed by atoms with Crippen molar-refractivity contribution in [3.63, 3.8) is 0 Å². The molecule has 2 fully saturated rings. The fourth-order valence-electron chi connectivity index (χ4n) is 2.82. The molecule has 0 aromatic carbocycles. The van der Waals surface area contributed by atoms with Crippen molar-refractivity contribution in [2.75, 3.05) is 13.2 Å². The first-order valence-electron chi connectivity index (χ1n) is 7.86. The molecule has 0 aromatic rings. The molecule has 9 heteroatoms. The number of diazo groups is 1. The first-order chi connectivity index (χ1) is 11.1. The third kappa shape index (κ3) is 3.96. The molecule has 4 atom stereocenters. The van der Waals surface area contributed by atoms with Gasteiger partial charge in [-0.3, -0.25) is 0 Å². The van der Waals surface area contributed by atoms with Gasteiger partial charge in [0.1, 0.15) is 18.3 Å². The van der Waals surface area contributed by atoms with Gasteiger partial charge in [0.05, 0.1) is 13.2 Å². The largest absolute Gasteiger partial charge is 0.475 e. The topological polar surface area (TPSA) is 115 Å². The lowest BCUT2D eigenvalue weighted by Crippen LogP contribution is -2.44. The Labute approximate surface area is 140 Å². The van der Waals surface area contributed by atoms with Gasteiger partial charge >= 0.3 is 11.6 Å². The van der Waals surface area contributed by atoms with E-state index in [4.69, 9.17) is 29.1 Å². The summed E-state index contributed by atoms with van der Waals surface area (Å²) in [5, 5.41) is 29.5. The van der Waals surface area contributed by atoms with Crippen LogP contribution in [0.3, 0.4) is 0 Å². The SMILES string of the molecule is CCO/C(O)=C(\[N+]#N)C(O)[C@H]1OC(C)(C)O[C@@H]1[C@H]1COC(C)(C)O1. The molecule has 24 heavy (non-hydrogen) atoms. The predicted octanol–water partition coefficient (Wildman–Crippen LogP) is 1.64. The molecular formula is C15H25N2O7+. The van der Waals surface area contributed by atoms with E-state index in [-0.39, 0.29) is 13.2 Å². The second-order valence-corrected chi connectivity index (χ2v) is 6.60. The third-order valence-corrected chi connectivity index (χ3v) is 3.76. The number of hydrogen-bond donors (Lipinski definition) is 2. The van der Waals surface area contributed by atoms with Crippen LogP contribution in [0, 0.1) is 5.39 Å². The minimum absolute atomic E-state index is 0.141. The molecule has 2 aliphatic rings. The molecular weight excluding hydrogens is 320 g/mol. The van der Waals surface area contributed by atoms with Crippen LogP contribution >= 0.6 is 0 Å². The van der Waals surface area contributed by atoms with Gasteiger partial charge in [0.2, 0.25) is 5.39 Å². The molecule has 0 amide bonds. The van der Waals surface area contributed by atoms with Crippen molar-refractivity contribution >= 4 is 0 Å². The van der Waals surface area contributed by atoms with Crippen LogP contribution in [0.5, 0.6) is 0 Å². The van der Waals surface area contributed by atoms with Crippen molar-refractivity contribution in [2.24, 2.45) is 0 Å². The zero-order chi connectivity index (χ0) is 18.1. The van der Waals surface area contributed by atoms with Crippen LogP contribution < -0.4 is 0 Å². The van der Waals surface area contributed by atoms with Gasteiger partial charge in [-0.1, -0.05) is 0 Å².